The summed E-state index contributed by atoms with van der Waals surface area (Å²) in [5, 5.41) is 17.4. The Kier molecular flexibility index (Phi) is 4.76. The molecular weight excluding hydrogens is 427 g/mol. The molecule has 4 aromatic rings. The molecule has 3 aromatic heterocycles. The van der Waals surface area contributed by atoms with E-state index in [2.05, 4.69) is 30.2 Å². The molecule has 0 unspecified atom stereocenters. The highest BCUT2D eigenvalue weighted by molar-refractivity contribution is 6.33. The normalized spacial score (nSPS) is 14.5. The molecule has 4 heterocycles. The van der Waals surface area contributed by atoms with Crippen LogP contribution >= 0.6 is 23.2 Å². The molecule has 9 nitrogen and oxygen atoms in total. The lowest BCUT2D eigenvalue weighted by Gasteiger charge is -2.36. The average Bonchev–Trinajstić information content (AvgIpc) is 3.24. The second-order valence-electron chi connectivity index (χ2n) is 6.84. The number of rotatable bonds is 3. The van der Waals surface area contributed by atoms with Gasteiger partial charge in [0.25, 0.3) is 5.56 Å². The van der Waals surface area contributed by atoms with Crippen molar-refractivity contribution >= 4 is 40.4 Å². The van der Waals surface area contributed by atoms with Crippen molar-refractivity contribution in [2.24, 2.45) is 0 Å². The Balaban J connectivity index is 1.35. The van der Waals surface area contributed by atoms with Gasteiger partial charge in [0.05, 0.1) is 17.6 Å². The molecule has 1 saturated heterocycles. The third-order valence-corrected chi connectivity index (χ3v) is 5.67. The Morgan fingerprint density at radius 1 is 0.900 bits per heavy atom. The first-order valence-corrected chi connectivity index (χ1v) is 10.1. The van der Waals surface area contributed by atoms with Gasteiger partial charge in [0.2, 0.25) is 0 Å². The van der Waals surface area contributed by atoms with Crippen molar-refractivity contribution in [1.29, 1.82) is 0 Å². The Bertz CT molecular complexity index is 1260. The lowest BCUT2D eigenvalue weighted by atomic mass is 10.2. The van der Waals surface area contributed by atoms with E-state index in [-0.39, 0.29) is 10.6 Å². The molecule has 1 aliphatic rings. The summed E-state index contributed by atoms with van der Waals surface area (Å²) >= 11 is 12.4. The number of hydrogen-bond acceptors (Lipinski definition) is 7. The van der Waals surface area contributed by atoms with Gasteiger partial charge in [-0.15, -0.1) is 15.3 Å². The number of hydrogen-bond donors (Lipinski definition) is 0. The molecule has 0 spiro atoms. The first-order valence-electron chi connectivity index (χ1n) is 9.31. The van der Waals surface area contributed by atoms with Gasteiger partial charge in [0.1, 0.15) is 17.2 Å². The van der Waals surface area contributed by atoms with E-state index in [4.69, 9.17) is 23.2 Å². The highest BCUT2D eigenvalue weighted by atomic mass is 35.5. The predicted octanol–water partition coefficient (Wildman–Crippen LogP) is 2.30. The van der Waals surface area contributed by atoms with Gasteiger partial charge in [-0.1, -0.05) is 23.2 Å². The molecule has 5 rings (SSSR count). The van der Waals surface area contributed by atoms with Crippen LogP contribution in [0.4, 0.5) is 11.5 Å². The molecule has 152 valence electrons. The number of benzene rings is 1. The summed E-state index contributed by atoms with van der Waals surface area (Å²) in [7, 11) is 0. The van der Waals surface area contributed by atoms with Gasteiger partial charge in [-0.25, -0.2) is 0 Å². The maximum absolute atomic E-state index is 12.8. The fourth-order valence-corrected chi connectivity index (χ4v) is 3.85. The summed E-state index contributed by atoms with van der Waals surface area (Å²) in [6.45, 7) is 2.84. The second-order valence-corrected chi connectivity index (χ2v) is 7.65. The quantitative estimate of drug-likeness (QED) is 0.481. The van der Waals surface area contributed by atoms with Crippen LogP contribution in [-0.2, 0) is 0 Å². The molecule has 0 aliphatic carbocycles. The molecule has 0 bridgehead atoms. The largest absolute Gasteiger partial charge is 0.365 e. The number of aromatic nitrogens is 6. The van der Waals surface area contributed by atoms with E-state index in [9.17, 15) is 4.79 Å². The smallest absolute Gasteiger partial charge is 0.292 e. The Morgan fingerprint density at radius 2 is 1.63 bits per heavy atom. The van der Waals surface area contributed by atoms with Gasteiger partial charge in [-0.05, 0) is 36.4 Å². The van der Waals surface area contributed by atoms with Gasteiger partial charge in [-0.2, -0.15) is 14.3 Å². The lowest BCUT2D eigenvalue weighted by molar-refractivity contribution is 0.638. The van der Waals surface area contributed by atoms with E-state index < -0.39 is 0 Å². The van der Waals surface area contributed by atoms with Crippen LogP contribution in [0.5, 0.6) is 0 Å². The zero-order valence-electron chi connectivity index (χ0n) is 15.7. The van der Waals surface area contributed by atoms with Crippen LogP contribution in [0.3, 0.4) is 0 Å². The zero-order chi connectivity index (χ0) is 20.7. The van der Waals surface area contributed by atoms with E-state index in [0.29, 0.717) is 35.1 Å². The van der Waals surface area contributed by atoms with Gasteiger partial charge in [-0.3, -0.25) is 4.79 Å². The molecule has 30 heavy (non-hydrogen) atoms. The first kappa shape index (κ1) is 18.8. The van der Waals surface area contributed by atoms with E-state index in [1.807, 2.05) is 12.1 Å². The number of piperazine rings is 1. The Hall–Kier alpha value is -3.17. The summed E-state index contributed by atoms with van der Waals surface area (Å²) in [4.78, 5) is 17.0. The SMILES string of the molecule is O=c1c(Cl)c(N2CCN(c3ccc4nncn4n3)CC2)cnn1-c1ccc(Cl)cc1. The molecule has 0 saturated carbocycles. The molecule has 1 fully saturated rings. The molecule has 0 N–H and O–H groups in total. The van der Waals surface area contributed by atoms with Gasteiger partial charge >= 0.3 is 0 Å². The standard InChI is InChI=1S/C19H16Cl2N8O/c20-13-1-3-14(4-2-13)29-19(30)18(21)15(11-23-29)26-7-9-27(10-8-26)17-6-5-16-24-22-12-28(16)25-17/h1-6,11-12H,7-10H2. The minimum Gasteiger partial charge on any atom is -0.365 e. The molecular formula is C19H16Cl2N8O. The van der Waals surface area contributed by atoms with Crippen LogP contribution in [0.25, 0.3) is 11.3 Å². The Morgan fingerprint density at radius 3 is 2.40 bits per heavy atom. The minimum absolute atomic E-state index is 0.150. The minimum atomic E-state index is -0.362. The molecule has 1 aromatic carbocycles. The van der Waals surface area contributed by atoms with Crippen LogP contribution in [0, 0.1) is 0 Å². The topological polar surface area (TPSA) is 84.5 Å². The fourth-order valence-electron chi connectivity index (χ4n) is 3.47. The third-order valence-electron chi connectivity index (χ3n) is 5.06. The fraction of sp³-hybridized carbons (Fsp3) is 0.211. The summed E-state index contributed by atoms with van der Waals surface area (Å²) < 4.78 is 2.93. The van der Waals surface area contributed by atoms with Crippen molar-refractivity contribution in [2.45, 2.75) is 0 Å². The van der Waals surface area contributed by atoms with Gasteiger partial charge in [0.15, 0.2) is 5.65 Å². The molecule has 0 radical (unpaired) electrons. The van der Waals surface area contributed by atoms with Crippen molar-refractivity contribution < 1.29 is 0 Å². The van der Waals surface area contributed by atoms with E-state index >= 15 is 0 Å². The summed E-state index contributed by atoms with van der Waals surface area (Å²) in [6.07, 6.45) is 3.21. The van der Waals surface area contributed by atoms with Crippen molar-refractivity contribution in [1.82, 2.24) is 29.6 Å². The van der Waals surface area contributed by atoms with Crippen molar-refractivity contribution in [3.05, 3.63) is 69.3 Å². The number of nitrogens with zero attached hydrogens (tertiary/aromatic N) is 8. The van der Waals surface area contributed by atoms with E-state index in [1.54, 1.807) is 41.3 Å². The van der Waals surface area contributed by atoms with Crippen molar-refractivity contribution in [2.75, 3.05) is 36.0 Å². The highest BCUT2D eigenvalue weighted by Gasteiger charge is 2.22. The monoisotopic (exact) mass is 442 g/mol. The number of anilines is 2. The van der Waals surface area contributed by atoms with Crippen LogP contribution in [0.2, 0.25) is 10.0 Å². The summed E-state index contributed by atoms with van der Waals surface area (Å²) in [5.74, 6) is 0.851. The van der Waals surface area contributed by atoms with Crippen molar-refractivity contribution in [3.63, 3.8) is 0 Å². The third kappa shape index (κ3) is 3.35. The van der Waals surface area contributed by atoms with Crippen molar-refractivity contribution in [3.8, 4) is 5.69 Å². The average molecular weight is 443 g/mol. The molecule has 11 heteroatoms. The first-order chi connectivity index (χ1) is 14.6. The van der Waals surface area contributed by atoms with Crippen LogP contribution < -0.4 is 15.4 Å². The Labute approximate surface area is 181 Å². The highest BCUT2D eigenvalue weighted by Crippen LogP contribution is 2.24. The lowest BCUT2D eigenvalue weighted by Crippen LogP contribution is -2.47. The zero-order valence-corrected chi connectivity index (χ0v) is 17.2. The van der Waals surface area contributed by atoms with E-state index in [1.165, 1.54) is 4.68 Å². The number of fused-ring (bicyclic) bond motifs is 1. The van der Waals surface area contributed by atoms with Gasteiger partial charge < -0.3 is 9.80 Å². The van der Waals surface area contributed by atoms with Crippen LogP contribution in [-0.4, -0.2) is 55.8 Å². The number of halogens is 2. The summed E-state index contributed by atoms with van der Waals surface area (Å²) in [6, 6.07) is 10.7. The molecule has 0 atom stereocenters. The van der Waals surface area contributed by atoms with E-state index in [0.717, 1.165) is 18.9 Å². The van der Waals surface area contributed by atoms with Crippen LogP contribution in [0.15, 0.2) is 53.7 Å². The predicted molar refractivity (Wildman–Crippen MR) is 115 cm³/mol. The molecule has 1 aliphatic heterocycles. The summed E-state index contributed by atoms with van der Waals surface area (Å²) in [5.41, 5.74) is 1.59. The maximum Gasteiger partial charge on any atom is 0.292 e. The molecule has 0 amide bonds. The second kappa shape index (κ2) is 7.58. The van der Waals surface area contributed by atoms with Gasteiger partial charge in [0, 0.05) is 31.2 Å². The maximum atomic E-state index is 12.8. The van der Waals surface area contributed by atoms with Crippen LogP contribution in [0.1, 0.15) is 0 Å².